The predicted octanol–water partition coefficient (Wildman–Crippen LogP) is 3.40. The molecular formula is C21H26N2O. The highest BCUT2D eigenvalue weighted by molar-refractivity contribution is 5.80. The number of carbonyl (C=O) groups excluding carboxylic acids is 1. The Balaban J connectivity index is 1.81. The van der Waals surface area contributed by atoms with Crippen LogP contribution in [-0.4, -0.2) is 16.8 Å². The summed E-state index contributed by atoms with van der Waals surface area (Å²) in [4.78, 5) is 14.1. The van der Waals surface area contributed by atoms with E-state index in [1.165, 1.54) is 22.3 Å². The lowest BCUT2D eigenvalue weighted by Crippen LogP contribution is -2.48. The third-order valence-corrected chi connectivity index (χ3v) is 4.88. The Kier molecular flexibility index (Phi) is 4.46. The Hall–Kier alpha value is -2.13. The number of fused-ring (bicyclic) bond motifs is 1. The van der Waals surface area contributed by atoms with Gasteiger partial charge in [0.1, 0.15) is 0 Å². The van der Waals surface area contributed by atoms with Gasteiger partial charge in [-0.25, -0.2) is 0 Å². The molecule has 1 amide bonds. The molecule has 0 bridgehead atoms. The van der Waals surface area contributed by atoms with Crippen LogP contribution in [0.2, 0.25) is 0 Å². The molecule has 3 nitrogen and oxygen atoms in total. The minimum absolute atomic E-state index is 0.151. The highest BCUT2D eigenvalue weighted by Gasteiger charge is 2.29. The lowest BCUT2D eigenvalue weighted by atomic mass is 9.86. The quantitative estimate of drug-likeness (QED) is 0.941. The van der Waals surface area contributed by atoms with Crippen molar-refractivity contribution >= 4 is 5.91 Å². The zero-order valence-electron chi connectivity index (χ0n) is 14.8. The van der Waals surface area contributed by atoms with Crippen LogP contribution in [0.5, 0.6) is 0 Å². The first-order chi connectivity index (χ1) is 11.3. The topological polar surface area (TPSA) is 46.3 Å². The fourth-order valence-corrected chi connectivity index (χ4v) is 3.37. The van der Waals surface area contributed by atoms with Gasteiger partial charge in [0.15, 0.2) is 0 Å². The van der Waals surface area contributed by atoms with Gasteiger partial charge >= 0.3 is 0 Å². The van der Waals surface area contributed by atoms with Gasteiger partial charge in [0.2, 0.25) is 5.91 Å². The number of primary amides is 1. The molecule has 0 radical (unpaired) electrons. The van der Waals surface area contributed by atoms with Gasteiger partial charge in [0.05, 0.1) is 6.04 Å². The summed E-state index contributed by atoms with van der Waals surface area (Å²) in [5, 5.41) is 0. The summed E-state index contributed by atoms with van der Waals surface area (Å²) >= 11 is 0. The average Bonchev–Trinajstić information content (AvgIpc) is 2.53. The summed E-state index contributed by atoms with van der Waals surface area (Å²) in [6.45, 7) is 8.16. The number of benzene rings is 2. The van der Waals surface area contributed by atoms with Crippen molar-refractivity contribution in [2.45, 2.75) is 51.7 Å². The molecule has 0 fully saturated rings. The molecule has 3 rings (SSSR count). The van der Waals surface area contributed by atoms with E-state index in [0.29, 0.717) is 6.42 Å². The second kappa shape index (κ2) is 6.40. The number of carbonyl (C=O) groups is 1. The first-order valence-corrected chi connectivity index (χ1v) is 8.54. The molecule has 2 aromatic carbocycles. The van der Waals surface area contributed by atoms with Gasteiger partial charge in [-0.15, -0.1) is 0 Å². The Morgan fingerprint density at radius 1 is 1.08 bits per heavy atom. The Morgan fingerprint density at radius 2 is 1.71 bits per heavy atom. The van der Waals surface area contributed by atoms with Crippen molar-refractivity contribution in [1.82, 2.24) is 4.90 Å². The van der Waals surface area contributed by atoms with Crippen LogP contribution in [0.15, 0.2) is 48.5 Å². The van der Waals surface area contributed by atoms with Crippen LogP contribution >= 0.6 is 0 Å². The number of amides is 1. The molecule has 1 atom stereocenters. The van der Waals surface area contributed by atoms with Crippen molar-refractivity contribution in [3.8, 4) is 0 Å². The van der Waals surface area contributed by atoms with Crippen LogP contribution in [0, 0.1) is 0 Å². The first kappa shape index (κ1) is 16.7. The summed E-state index contributed by atoms with van der Waals surface area (Å²) in [7, 11) is 0. The van der Waals surface area contributed by atoms with E-state index >= 15 is 0 Å². The van der Waals surface area contributed by atoms with Crippen molar-refractivity contribution in [1.29, 1.82) is 0 Å². The van der Waals surface area contributed by atoms with E-state index in [1.54, 1.807) is 0 Å². The van der Waals surface area contributed by atoms with Crippen LogP contribution in [-0.2, 0) is 29.7 Å². The second-order valence-corrected chi connectivity index (χ2v) is 7.74. The molecule has 2 N–H and O–H groups in total. The molecule has 1 aliphatic rings. The average molecular weight is 322 g/mol. The van der Waals surface area contributed by atoms with Gasteiger partial charge in [-0.05, 0) is 34.1 Å². The van der Waals surface area contributed by atoms with E-state index in [1.807, 2.05) is 6.07 Å². The monoisotopic (exact) mass is 322 g/mol. The van der Waals surface area contributed by atoms with Crippen LogP contribution < -0.4 is 5.73 Å². The maximum atomic E-state index is 11.9. The Bertz CT molecular complexity index is 728. The highest BCUT2D eigenvalue weighted by atomic mass is 16.1. The molecule has 0 saturated heterocycles. The highest BCUT2D eigenvalue weighted by Crippen LogP contribution is 2.26. The third kappa shape index (κ3) is 3.51. The fourth-order valence-electron chi connectivity index (χ4n) is 3.37. The van der Waals surface area contributed by atoms with Gasteiger partial charge < -0.3 is 5.73 Å². The lowest BCUT2D eigenvalue weighted by Gasteiger charge is -2.35. The summed E-state index contributed by atoms with van der Waals surface area (Å²) < 4.78 is 0. The van der Waals surface area contributed by atoms with Gasteiger partial charge in [-0.2, -0.15) is 0 Å². The second-order valence-electron chi connectivity index (χ2n) is 7.74. The summed E-state index contributed by atoms with van der Waals surface area (Å²) in [5.74, 6) is -0.240. The lowest BCUT2D eigenvalue weighted by molar-refractivity contribution is -0.124. The van der Waals surface area contributed by atoms with Gasteiger partial charge in [-0.3, -0.25) is 9.69 Å². The Labute approximate surface area is 144 Å². The maximum Gasteiger partial charge on any atom is 0.235 e. The summed E-state index contributed by atoms with van der Waals surface area (Å²) in [6, 6.07) is 16.8. The molecule has 1 unspecified atom stereocenters. The number of rotatable bonds is 3. The van der Waals surface area contributed by atoms with E-state index < -0.39 is 0 Å². The minimum atomic E-state index is -0.240. The number of nitrogens with zero attached hydrogens (tertiary/aromatic N) is 1. The molecule has 0 aliphatic carbocycles. The Morgan fingerprint density at radius 3 is 2.29 bits per heavy atom. The van der Waals surface area contributed by atoms with Gasteiger partial charge in [0, 0.05) is 13.1 Å². The van der Waals surface area contributed by atoms with E-state index in [0.717, 1.165) is 13.1 Å². The molecule has 0 spiro atoms. The number of hydrogen-bond acceptors (Lipinski definition) is 2. The zero-order chi connectivity index (χ0) is 17.3. The maximum absolute atomic E-state index is 11.9. The normalized spacial score (nSPS) is 18.2. The summed E-state index contributed by atoms with van der Waals surface area (Å²) in [5.41, 5.74) is 10.9. The number of nitrogens with two attached hydrogens (primary N) is 1. The van der Waals surface area contributed by atoms with E-state index in [2.05, 4.69) is 68.1 Å². The first-order valence-electron chi connectivity index (χ1n) is 8.54. The molecule has 2 aromatic rings. The molecular weight excluding hydrogens is 296 g/mol. The van der Waals surface area contributed by atoms with Crippen LogP contribution in [0.3, 0.4) is 0 Å². The van der Waals surface area contributed by atoms with Crippen LogP contribution in [0.1, 0.15) is 43.0 Å². The molecule has 24 heavy (non-hydrogen) atoms. The SMILES string of the molecule is CC(C)(C)c1ccc(CN2Cc3ccccc3CC2C(N)=O)cc1. The summed E-state index contributed by atoms with van der Waals surface area (Å²) in [6.07, 6.45) is 0.700. The van der Waals surface area contributed by atoms with Crippen molar-refractivity contribution in [2.75, 3.05) is 0 Å². The minimum Gasteiger partial charge on any atom is -0.368 e. The molecule has 1 aliphatic heterocycles. The van der Waals surface area contributed by atoms with Crippen molar-refractivity contribution < 1.29 is 4.79 Å². The van der Waals surface area contributed by atoms with Crippen molar-refractivity contribution in [3.05, 3.63) is 70.8 Å². The predicted molar refractivity (Wildman–Crippen MR) is 97.5 cm³/mol. The van der Waals surface area contributed by atoms with Crippen LogP contribution in [0.4, 0.5) is 0 Å². The van der Waals surface area contributed by atoms with Gasteiger partial charge in [0.25, 0.3) is 0 Å². The largest absolute Gasteiger partial charge is 0.368 e. The molecule has 0 aromatic heterocycles. The number of hydrogen-bond donors (Lipinski definition) is 1. The molecule has 126 valence electrons. The van der Waals surface area contributed by atoms with Gasteiger partial charge in [-0.1, -0.05) is 69.3 Å². The molecule has 1 heterocycles. The smallest absolute Gasteiger partial charge is 0.235 e. The van der Waals surface area contributed by atoms with E-state index in [-0.39, 0.29) is 17.4 Å². The van der Waals surface area contributed by atoms with Crippen molar-refractivity contribution in [2.24, 2.45) is 5.73 Å². The third-order valence-electron chi connectivity index (χ3n) is 4.88. The molecule has 0 saturated carbocycles. The molecule has 3 heteroatoms. The van der Waals surface area contributed by atoms with E-state index in [4.69, 9.17) is 5.73 Å². The van der Waals surface area contributed by atoms with Crippen LogP contribution in [0.25, 0.3) is 0 Å². The zero-order valence-corrected chi connectivity index (χ0v) is 14.8. The van der Waals surface area contributed by atoms with E-state index in [9.17, 15) is 4.79 Å². The fraction of sp³-hybridized carbons (Fsp3) is 0.381. The standard InChI is InChI=1S/C21H26N2O/c1-21(2,3)18-10-8-15(9-11-18)13-23-14-17-7-5-4-6-16(17)12-19(23)20(22)24/h4-11,19H,12-14H2,1-3H3,(H2,22,24). The van der Waals surface area contributed by atoms with Crippen molar-refractivity contribution in [3.63, 3.8) is 0 Å².